The van der Waals surface area contributed by atoms with Gasteiger partial charge in [-0.1, -0.05) is 11.6 Å². The first kappa shape index (κ1) is 19.6. The first-order chi connectivity index (χ1) is 11.5. The molecule has 9 heteroatoms. The normalized spacial score (nSPS) is 21.1. The fourth-order valence-corrected chi connectivity index (χ4v) is 2.86. The van der Waals surface area contributed by atoms with E-state index in [4.69, 9.17) is 16.3 Å². The van der Waals surface area contributed by atoms with Crippen molar-refractivity contribution in [3.05, 3.63) is 22.8 Å². The third-order valence-electron chi connectivity index (χ3n) is 3.71. The molecule has 1 aliphatic rings. The molecular formula is C16H21ClF3N3O2. The smallest absolute Gasteiger partial charge is 0.417 e. The van der Waals surface area contributed by atoms with Crippen LogP contribution >= 0.6 is 11.6 Å². The summed E-state index contributed by atoms with van der Waals surface area (Å²) in [6, 6.07) is 0.437. The number of alkyl carbamates (subject to hydrolysis) is 1. The number of nitrogens with one attached hydrogen (secondary N) is 2. The lowest BCUT2D eigenvalue weighted by molar-refractivity contribution is -0.137. The zero-order valence-electron chi connectivity index (χ0n) is 14.2. The number of carbonyl (C=O) groups excluding carboxylic acids is 1. The number of carbonyl (C=O) groups is 1. The first-order valence-electron chi connectivity index (χ1n) is 7.94. The van der Waals surface area contributed by atoms with E-state index < -0.39 is 23.4 Å². The van der Waals surface area contributed by atoms with Gasteiger partial charge in [-0.2, -0.15) is 13.2 Å². The quantitative estimate of drug-likeness (QED) is 0.804. The summed E-state index contributed by atoms with van der Waals surface area (Å²) in [6.45, 7) is 5.30. The van der Waals surface area contributed by atoms with Crippen LogP contribution in [0.1, 0.15) is 45.6 Å². The lowest BCUT2D eigenvalue weighted by atomic mass is 10.1. The number of anilines is 1. The second kappa shape index (κ2) is 7.27. The predicted octanol–water partition coefficient (Wildman–Crippen LogP) is 4.61. The minimum Gasteiger partial charge on any atom is -0.444 e. The molecule has 1 saturated carbocycles. The molecule has 2 atom stereocenters. The molecule has 0 saturated heterocycles. The number of halogens is 4. The van der Waals surface area contributed by atoms with Crippen molar-refractivity contribution in [3.63, 3.8) is 0 Å². The number of hydrogen-bond acceptors (Lipinski definition) is 4. The van der Waals surface area contributed by atoms with E-state index in [0.29, 0.717) is 0 Å². The number of aromatic nitrogens is 1. The van der Waals surface area contributed by atoms with Gasteiger partial charge in [-0.25, -0.2) is 9.78 Å². The Balaban J connectivity index is 2.03. The van der Waals surface area contributed by atoms with Crippen LogP contribution in [0.5, 0.6) is 0 Å². The molecule has 5 nitrogen and oxygen atoms in total. The predicted molar refractivity (Wildman–Crippen MR) is 88.7 cm³/mol. The lowest BCUT2D eigenvalue weighted by Crippen LogP contribution is -2.45. The van der Waals surface area contributed by atoms with Crippen molar-refractivity contribution in [2.24, 2.45) is 0 Å². The molecule has 25 heavy (non-hydrogen) atoms. The number of ether oxygens (including phenoxy) is 1. The lowest BCUT2D eigenvalue weighted by Gasteiger charge is -2.26. The number of amides is 1. The standard InChI is InChI=1S/C16H21ClF3N3O2/c1-15(2,3)25-14(24)23-12-6-4-5-11(12)22-13-10(17)7-9(8-21-13)16(18,19)20/h7-8,11-12H,4-6H2,1-3H3,(H,21,22)(H,23,24)/t11-,12?/m0/s1. The SMILES string of the molecule is CC(C)(C)OC(=O)NC1CCC[C@@H]1Nc1ncc(C(F)(F)F)cc1Cl. The average Bonchev–Trinajstić information content (AvgIpc) is 2.84. The fraction of sp³-hybridized carbons (Fsp3) is 0.625. The van der Waals surface area contributed by atoms with Gasteiger partial charge < -0.3 is 15.4 Å². The van der Waals surface area contributed by atoms with Gasteiger partial charge in [-0.05, 0) is 46.1 Å². The van der Waals surface area contributed by atoms with E-state index in [9.17, 15) is 18.0 Å². The van der Waals surface area contributed by atoms with Gasteiger partial charge in [0.2, 0.25) is 0 Å². The van der Waals surface area contributed by atoms with Gasteiger partial charge in [-0.15, -0.1) is 0 Å². The van der Waals surface area contributed by atoms with Gasteiger partial charge >= 0.3 is 12.3 Å². The Bertz CT molecular complexity index is 632. The molecule has 0 bridgehead atoms. The summed E-state index contributed by atoms with van der Waals surface area (Å²) >= 11 is 5.92. The molecule has 1 aromatic rings. The van der Waals surface area contributed by atoms with Crippen molar-refractivity contribution in [2.75, 3.05) is 5.32 Å². The van der Waals surface area contributed by atoms with Gasteiger partial charge in [0.1, 0.15) is 11.4 Å². The minimum atomic E-state index is -4.50. The third-order valence-corrected chi connectivity index (χ3v) is 4.00. The van der Waals surface area contributed by atoms with Crippen molar-refractivity contribution in [2.45, 2.75) is 63.9 Å². The molecule has 0 aliphatic heterocycles. The molecule has 2 rings (SSSR count). The maximum absolute atomic E-state index is 12.7. The van der Waals surface area contributed by atoms with Crippen molar-refractivity contribution in [3.8, 4) is 0 Å². The zero-order chi connectivity index (χ0) is 18.8. The summed E-state index contributed by atoms with van der Waals surface area (Å²) in [5.41, 5.74) is -1.51. The van der Waals surface area contributed by atoms with Crippen LogP contribution in [0.25, 0.3) is 0 Å². The molecule has 1 aliphatic carbocycles. The maximum atomic E-state index is 12.7. The summed E-state index contributed by atoms with van der Waals surface area (Å²) in [6.07, 6.45) is -1.97. The molecular weight excluding hydrogens is 359 g/mol. The van der Waals surface area contributed by atoms with Crippen LogP contribution in [0.15, 0.2) is 12.3 Å². The number of rotatable bonds is 3. The maximum Gasteiger partial charge on any atom is 0.417 e. The van der Waals surface area contributed by atoms with Gasteiger partial charge in [0.15, 0.2) is 0 Å². The summed E-state index contributed by atoms with van der Waals surface area (Å²) in [7, 11) is 0. The molecule has 140 valence electrons. The van der Waals surface area contributed by atoms with Gasteiger partial charge in [0.05, 0.1) is 16.6 Å². The van der Waals surface area contributed by atoms with E-state index in [0.717, 1.165) is 31.5 Å². The largest absolute Gasteiger partial charge is 0.444 e. The average molecular weight is 380 g/mol. The number of alkyl halides is 3. The topological polar surface area (TPSA) is 63.2 Å². The highest BCUT2D eigenvalue weighted by atomic mass is 35.5. The van der Waals surface area contributed by atoms with Crippen molar-refractivity contribution in [1.29, 1.82) is 0 Å². The van der Waals surface area contributed by atoms with E-state index in [-0.39, 0.29) is 22.9 Å². The van der Waals surface area contributed by atoms with Crippen molar-refractivity contribution >= 4 is 23.5 Å². The highest BCUT2D eigenvalue weighted by Gasteiger charge is 2.33. The molecule has 1 unspecified atom stereocenters. The molecule has 0 spiro atoms. The Morgan fingerprint density at radius 2 is 1.92 bits per heavy atom. The zero-order valence-corrected chi connectivity index (χ0v) is 15.0. The first-order valence-corrected chi connectivity index (χ1v) is 8.32. The molecule has 1 aromatic heterocycles. The Labute approximate surface area is 149 Å². The highest BCUT2D eigenvalue weighted by molar-refractivity contribution is 6.33. The third kappa shape index (κ3) is 5.66. The van der Waals surface area contributed by atoms with Crippen LogP contribution in [0.3, 0.4) is 0 Å². The van der Waals surface area contributed by atoms with Crippen LogP contribution in [0.2, 0.25) is 5.02 Å². The number of nitrogens with zero attached hydrogens (tertiary/aromatic N) is 1. The Morgan fingerprint density at radius 3 is 2.48 bits per heavy atom. The van der Waals surface area contributed by atoms with E-state index in [1.54, 1.807) is 20.8 Å². The molecule has 1 amide bonds. The molecule has 1 heterocycles. The van der Waals surface area contributed by atoms with Crippen LogP contribution in [0.4, 0.5) is 23.8 Å². The second-order valence-corrected chi connectivity index (χ2v) is 7.39. The summed E-state index contributed by atoms with van der Waals surface area (Å²) in [5, 5.41) is 5.70. The minimum absolute atomic E-state index is 0.113. The van der Waals surface area contributed by atoms with Gasteiger partial charge in [0.25, 0.3) is 0 Å². The van der Waals surface area contributed by atoms with E-state index >= 15 is 0 Å². The fourth-order valence-electron chi connectivity index (χ4n) is 2.64. The summed E-state index contributed by atoms with van der Waals surface area (Å²) in [5.74, 6) is 0.164. The summed E-state index contributed by atoms with van der Waals surface area (Å²) < 4.78 is 43.2. The molecule has 2 N–H and O–H groups in total. The van der Waals surface area contributed by atoms with Crippen molar-refractivity contribution in [1.82, 2.24) is 10.3 Å². The van der Waals surface area contributed by atoms with Crippen LogP contribution in [0, 0.1) is 0 Å². The van der Waals surface area contributed by atoms with Crippen LogP contribution in [-0.4, -0.2) is 28.8 Å². The monoisotopic (exact) mass is 379 g/mol. The van der Waals surface area contributed by atoms with E-state index in [1.165, 1.54) is 0 Å². The van der Waals surface area contributed by atoms with Gasteiger partial charge in [0, 0.05) is 12.2 Å². The van der Waals surface area contributed by atoms with Crippen LogP contribution < -0.4 is 10.6 Å². The molecule has 0 aromatic carbocycles. The molecule has 1 fully saturated rings. The summed E-state index contributed by atoms with van der Waals surface area (Å²) in [4.78, 5) is 15.7. The van der Waals surface area contributed by atoms with Crippen LogP contribution in [-0.2, 0) is 10.9 Å². The number of pyridine rings is 1. The second-order valence-electron chi connectivity index (χ2n) is 6.99. The Morgan fingerprint density at radius 1 is 1.28 bits per heavy atom. The van der Waals surface area contributed by atoms with E-state index in [1.807, 2.05) is 0 Å². The van der Waals surface area contributed by atoms with E-state index in [2.05, 4.69) is 15.6 Å². The molecule has 0 radical (unpaired) electrons. The number of hydrogen-bond donors (Lipinski definition) is 2. The highest BCUT2D eigenvalue weighted by Crippen LogP contribution is 2.33. The van der Waals surface area contributed by atoms with Gasteiger partial charge in [-0.3, -0.25) is 0 Å². The Hall–Kier alpha value is -1.70. The van der Waals surface area contributed by atoms with Crippen molar-refractivity contribution < 1.29 is 22.7 Å². The Kier molecular flexibility index (Phi) is 5.71.